The molecule has 6 aromatic heterocycles. The first-order chi connectivity index (χ1) is 58.5. The summed E-state index contributed by atoms with van der Waals surface area (Å²) in [6.07, 6.45) is 3.78. The zero-order valence-electron chi connectivity index (χ0n) is 63.8. The van der Waals surface area contributed by atoms with Crippen LogP contribution in [0.15, 0.2) is 428 Å². The van der Waals surface area contributed by atoms with Crippen LogP contribution in [0.25, 0.3) is 187 Å². The predicted molar refractivity (Wildman–Crippen MR) is 491 cm³/mol. The molecule has 0 spiro atoms. The molecule has 0 bridgehead atoms. The highest BCUT2D eigenvalue weighted by Crippen LogP contribution is 2.48. The maximum absolute atomic E-state index is 6.83. The minimum Gasteiger partial charge on any atom is -0.456 e. The Hall–Kier alpha value is -16.0. The molecule has 0 radical (unpaired) electrons. The number of pyridine rings is 1. The quantitative estimate of drug-likeness (QED) is 0.113. The first-order valence-corrected chi connectivity index (χ1v) is 39.9. The van der Waals surface area contributed by atoms with E-state index in [1.54, 1.807) is 0 Å². The van der Waals surface area contributed by atoms with Gasteiger partial charge < -0.3 is 27.8 Å². The van der Waals surface area contributed by atoms with Crippen LogP contribution in [0, 0.1) is 0 Å². The van der Waals surface area contributed by atoms with E-state index in [9.17, 15) is 0 Å². The topological polar surface area (TPSA) is 81.3 Å². The summed E-state index contributed by atoms with van der Waals surface area (Å²) in [6.45, 7) is 0. The van der Waals surface area contributed by atoms with Crippen molar-refractivity contribution < 1.29 is 8.83 Å². The molecular weight excluding hydrogens is 1440 g/mol. The van der Waals surface area contributed by atoms with Crippen molar-refractivity contribution >= 4 is 165 Å². The smallest absolute Gasteiger partial charge is 0.137 e. The fourth-order valence-electron chi connectivity index (χ4n) is 18.1. The number of hydrogen-bond acceptors (Lipinski definition) is 7. The van der Waals surface area contributed by atoms with E-state index in [2.05, 4.69) is 382 Å². The third kappa shape index (κ3) is 11.4. The summed E-state index contributed by atoms with van der Waals surface area (Å²) in [7, 11) is 0. The van der Waals surface area contributed by atoms with E-state index in [4.69, 9.17) is 18.8 Å². The lowest BCUT2D eigenvalue weighted by atomic mass is 9.86. The Morgan fingerprint density at radius 1 is 0.220 bits per heavy atom. The van der Waals surface area contributed by atoms with Crippen molar-refractivity contribution in [2.45, 2.75) is 0 Å². The molecule has 0 aliphatic heterocycles. The highest BCUT2D eigenvalue weighted by Gasteiger charge is 2.25. The Labute approximate surface area is 678 Å². The standard InChI is InChI=1S/C70H44N4O2.C39H25N3/c1-5-17-47(18-6-1)71(51-29-33-57-55-25-13-15-27-63(55)73(65(57)41-51)49-21-9-3-10-22-49)53-31-35-59-61-37-45-40-68-62(38-46(45)39-67(61)75-69(59)43-53)60-36-32-54(44-70(60)76-68)72(48-19-7-2-8-20-48)52-30-34-58-56-26-14-16-28-64(56)74(66(58)42-52)50-23-11-4-12-24-50;1-2-11-27(12-3-1)38-39(42-35-19-9-8-18-34(35)41-38)28-22-20-26(21-23-28)36-30-14-4-6-16-32(30)37(29-13-10-24-40-25-29)33-17-7-5-15-31(33)36/h1-44H;1-25H. The molecule has 9 heteroatoms. The summed E-state index contributed by atoms with van der Waals surface area (Å²) in [5, 5.41) is 16.2. The zero-order chi connectivity index (χ0) is 77.7. The minimum atomic E-state index is 0.827. The first kappa shape index (κ1) is 67.7. The molecule has 0 aliphatic rings. The molecule has 6 heterocycles. The van der Waals surface area contributed by atoms with E-state index in [-0.39, 0.29) is 0 Å². The molecule has 24 rings (SSSR count). The third-order valence-electron chi connectivity index (χ3n) is 23.3. The molecule has 18 aromatic carbocycles. The van der Waals surface area contributed by atoms with Crippen LogP contribution in [0.2, 0.25) is 0 Å². The van der Waals surface area contributed by atoms with Crippen molar-refractivity contribution in [1.29, 1.82) is 0 Å². The van der Waals surface area contributed by atoms with Gasteiger partial charge in [-0.25, -0.2) is 9.97 Å². The zero-order valence-corrected chi connectivity index (χ0v) is 63.8. The average Bonchev–Trinajstić information content (AvgIpc) is 1.21. The van der Waals surface area contributed by atoms with Crippen LogP contribution in [0.5, 0.6) is 0 Å². The summed E-state index contributed by atoms with van der Waals surface area (Å²) in [6, 6.07) is 144. The summed E-state index contributed by atoms with van der Waals surface area (Å²) in [5.74, 6) is 0. The number of hydrogen-bond donors (Lipinski definition) is 0. The van der Waals surface area contributed by atoms with E-state index in [0.29, 0.717) is 0 Å². The van der Waals surface area contributed by atoms with Crippen molar-refractivity contribution in [3.8, 4) is 56.1 Å². The van der Waals surface area contributed by atoms with Crippen molar-refractivity contribution in [1.82, 2.24) is 24.1 Å². The van der Waals surface area contributed by atoms with E-state index in [1.165, 1.54) is 70.8 Å². The molecule has 24 aromatic rings. The van der Waals surface area contributed by atoms with Gasteiger partial charge in [-0.1, -0.05) is 243 Å². The maximum atomic E-state index is 6.83. The molecule has 0 N–H and O–H groups in total. The lowest BCUT2D eigenvalue weighted by Gasteiger charge is -2.25. The summed E-state index contributed by atoms with van der Waals surface area (Å²) in [5.41, 5.74) is 26.9. The highest BCUT2D eigenvalue weighted by atomic mass is 16.3. The summed E-state index contributed by atoms with van der Waals surface area (Å²) >= 11 is 0. The van der Waals surface area contributed by atoms with E-state index < -0.39 is 0 Å². The Morgan fingerprint density at radius 3 is 1.00 bits per heavy atom. The number of nitrogens with zero attached hydrogens (tertiary/aromatic N) is 7. The van der Waals surface area contributed by atoms with Gasteiger partial charge in [0.25, 0.3) is 0 Å². The van der Waals surface area contributed by atoms with E-state index >= 15 is 0 Å². The van der Waals surface area contributed by atoms with Gasteiger partial charge in [-0.3, -0.25) is 4.98 Å². The number of anilines is 6. The monoisotopic (exact) mass is 1510 g/mol. The number of benzene rings is 18. The second-order valence-corrected chi connectivity index (χ2v) is 30.2. The van der Waals surface area contributed by atoms with Crippen LogP contribution in [0.3, 0.4) is 0 Å². The fraction of sp³-hybridized carbons (Fsp3) is 0. The van der Waals surface area contributed by atoms with Crippen LogP contribution in [0.1, 0.15) is 0 Å². The number of furan rings is 2. The average molecular weight is 1510 g/mol. The van der Waals surface area contributed by atoms with Crippen LogP contribution in [-0.2, 0) is 0 Å². The number of para-hydroxylation sites is 8. The van der Waals surface area contributed by atoms with Gasteiger partial charge in [0.15, 0.2) is 0 Å². The lowest BCUT2D eigenvalue weighted by Crippen LogP contribution is -2.09. The Kier molecular flexibility index (Phi) is 16.1. The maximum Gasteiger partial charge on any atom is 0.137 e. The lowest BCUT2D eigenvalue weighted by molar-refractivity contribution is 0.668. The number of aromatic nitrogens is 5. The van der Waals surface area contributed by atoms with Crippen LogP contribution in [-0.4, -0.2) is 24.1 Å². The Morgan fingerprint density at radius 2 is 0.559 bits per heavy atom. The van der Waals surface area contributed by atoms with Gasteiger partial charge in [0.1, 0.15) is 22.3 Å². The molecule has 0 saturated carbocycles. The van der Waals surface area contributed by atoms with Crippen molar-refractivity contribution in [3.63, 3.8) is 0 Å². The first-order valence-electron chi connectivity index (χ1n) is 39.9. The van der Waals surface area contributed by atoms with Gasteiger partial charge in [0.05, 0.1) is 44.5 Å². The fourth-order valence-corrected chi connectivity index (χ4v) is 18.1. The molecule has 9 nitrogen and oxygen atoms in total. The van der Waals surface area contributed by atoms with Crippen LogP contribution >= 0.6 is 0 Å². The van der Waals surface area contributed by atoms with Gasteiger partial charge in [0, 0.05) is 130 Å². The van der Waals surface area contributed by atoms with Crippen LogP contribution < -0.4 is 9.80 Å². The number of rotatable bonds is 12. The third-order valence-corrected chi connectivity index (χ3v) is 23.3. The molecule has 118 heavy (non-hydrogen) atoms. The second kappa shape index (κ2) is 28.0. The largest absolute Gasteiger partial charge is 0.456 e. The van der Waals surface area contributed by atoms with Gasteiger partial charge in [-0.2, -0.15) is 0 Å². The minimum absolute atomic E-state index is 0.827. The van der Waals surface area contributed by atoms with Crippen molar-refractivity contribution in [2.75, 3.05) is 9.80 Å². The summed E-state index contributed by atoms with van der Waals surface area (Å²) < 4.78 is 18.4. The second-order valence-electron chi connectivity index (χ2n) is 30.2. The van der Waals surface area contributed by atoms with Crippen molar-refractivity contribution in [3.05, 3.63) is 419 Å². The molecule has 0 saturated heterocycles. The number of fused-ring (bicyclic) bond motifs is 16. The Bertz CT molecular complexity index is 7670. The molecule has 552 valence electrons. The van der Waals surface area contributed by atoms with Gasteiger partial charge in [0.2, 0.25) is 0 Å². The van der Waals surface area contributed by atoms with Crippen molar-refractivity contribution in [2.24, 2.45) is 0 Å². The molecule has 0 unspecified atom stereocenters. The van der Waals surface area contributed by atoms with Gasteiger partial charge in [-0.05, 0) is 201 Å². The molecule has 0 aliphatic carbocycles. The SMILES string of the molecule is c1ccc(-c2nc3ccccc3nc2-c2ccc(-c3c4ccccc4c(-c4cccnc4)c4ccccc34)cc2)cc1.c1ccc(N(c2ccc3c(c2)oc2cc4cc5c(cc4cc23)oc2cc(N(c3ccccc3)c3ccc4c6ccccc6n(-c6ccccc6)c4c3)ccc25)c2ccc3c4ccccc4n(-c4ccccc4)c3c2)cc1. The van der Waals surface area contributed by atoms with Gasteiger partial charge >= 0.3 is 0 Å². The van der Waals surface area contributed by atoms with E-state index in [0.717, 1.165) is 150 Å². The normalized spacial score (nSPS) is 11.7. The van der Waals surface area contributed by atoms with E-state index in [1.807, 2.05) is 60.9 Å². The Balaban J connectivity index is 0.000000164. The summed E-state index contributed by atoms with van der Waals surface area (Å²) in [4.78, 5) is 19.2. The molecule has 0 atom stereocenters. The highest BCUT2D eigenvalue weighted by molar-refractivity contribution is 6.22. The molecular formula is C109H69N7O2. The van der Waals surface area contributed by atoms with Crippen LogP contribution in [0.4, 0.5) is 34.1 Å². The predicted octanol–water partition coefficient (Wildman–Crippen LogP) is 29.8. The molecule has 0 amide bonds. The van der Waals surface area contributed by atoms with Gasteiger partial charge in [-0.15, -0.1) is 0 Å². The molecule has 0 fully saturated rings.